The van der Waals surface area contributed by atoms with Gasteiger partial charge in [-0.1, -0.05) is 0 Å². The molecule has 5 heteroatoms. The number of pyridine rings is 1. The Labute approximate surface area is 119 Å². The van der Waals surface area contributed by atoms with E-state index in [-0.39, 0.29) is 37.1 Å². The summed E-state index contributed by atoms with van der Waals surface area (Å²) in [5, 5.41) is 0. The standard InChI is InChI=1S/C15H21NO4/c1-4-19-15(18)6-5-13(17)7-12-8-14(10-16-9-12)20-11(2)3/h8-11H,4-7H2,1-3H3. The lowest BCUT2D eigenvalue weighted by atomic mass is 10.1. The van der Waals surface area contributed by atoms with Crippen LogP contribution >= 0.6 is 0 Å². The van der Waals surface area contributed by atoms with Gasteiger partial charge in [-0.25, -0.2) is 0 Å². The average molecular weight is 279 g/mol. The summed E-state index contributed by atoms with van der Waals surface area (Å²) in [6.07, 6.45) is 3.88. The first-order valence-corrected chi connectivity index (χ1v) is 6.79. The lowest BCUT2D eigenvalue weighted by Gasteiger charge is -2.10. The van der Waals surface area contributed by atoms with Gasteiger partial charge in [-0.3, -0.25) is 14.6 Å². The van der Waals surface area contributed by atoms with E-state index in [4.69, 9.17) is 9.47 Å². The highest BCUT2D eigenvalue weighted by Crippen LogP contribution is 2.14. The Bertz CT molecular complexity index is 457. The summed E-state index contributed by atoms with van der Waals surface area (Å²) < 4.78 is 10.3. The van der Waals surface area contributed by atoms with Gasteiger partial charge in [-0.15, -0.1) is 0 Å². The van der Waals surface area contributed by atoms with Crippen LogP contribution in [-0.4, -0.2) is 29.4 Å². The number of ketones is 1. The van der Waals surface area contributed by atoms with E-state index in [0.29, 0.717) is 12.4 Å². The Balaban J connectivity index is 2.47. The topological polar surface area (TPSA) is 65.5 Å². The SMILES string of the molecule is CCOC(=O)CCC(=O)Cc1cncc(OC(C)C)c1. The maximum atomic E-state index is 11.8. The van der Waals surface area contributed by atoms with Crippen molar-refractivity contribution in [3.8, 4) is 5.75 Å². The molecule has 1 aromatic heterocycles. The molecule has 0 saturated carbocycles. The molecule has 0 radical (unpaired) electrons. The molecule has 20 heavy (non-hydrogen) atoms. The summed E-state index contributed by atoms with van der Waals surface area (Å²) in [6.45, 7) is 5.94. The summed E-state index contributed by atoms with van der Waals surface area (Å²) in [6, 6.07) is 1.80. The molecule has 1 rings (SSSR count). The number of ether oxygens (including phenoxy) is 2. The Morgan fingerprint density at radius 1 is 1.25 bits per heavy atom. The van der Waals surface area contributed by atoms with E-state index in [2.05, 4.69) is 4.98 Å². The molecule has 0 aliphatic rings. The van der Waals surface area contributed by atoms with Crippen LogP contribution in [0, 0.1) is 0 Å². The van der Waals surface area contributed by atoms with Crippen LogP contribution in [0.1, 0.15) is 39.2 Å². The summed E-state index contributed by atoms with van der Waals surface area (Å²) in [5.74, 6) is 0.299. The molecule has 0 N–H and O–H groups in total. The Morgan fingerprint density at radius 2 is 2.00 bits per heavy atom. The van der Waals surface area contributed by atoms with Crippen molar-refractivity contribution in [1.82, 2.24) is 4.98 Å². The third kappa shape index (κ3) is 6.31. The van der Waals surface area contributed by atoms with E-state index in [9.17, 15) is 9.59 Å². The van der Waals surface area contributed by atoms with Crippen LogP contribution < -0.4 is 4.74 Å². The third-order valence-corrected chi connectivity index (χ3v) is 2.46. The number of esters is 1. The molecule has 0 amide bonds. The lowest BCUT2D eigenvalue weighted by molar-refractivity contribution is -0.144. The van der Waals surface area contributed by atoms with Gasteiger partial charge in [0.05, 0.1) is 25.3 Å². The van der Waals surface area contributed by atoms with E-state index in [0.717, 1.165) is 5.56 Å². The molecular formula is C15H21NO4. The van der Waals surface area contributed by atoms with Crippen molar-refractivity contribution in [3.63, 3.8) is 0 Å². The molecule has 0 aromatic carbocycles. The summed E-state index contributed by atoms with van der Waals surface area (Å²) in [7, 11) is 0. The van der Waals surface area contributed by atoms with Crippen molar-refractivity contribution in [2.24, 2.45) is 0 Å². The van der Waals surface area contributed by atoms with Gasteiger partial charge in [0.25, 0.3) is 0 Å². The number of Topliss-reactive ketones (excluding diaryl/α,β-unsaturated/α-hetero) is 1. The summed E-state index contributed by atoms with van der Waals surface area (Å²) in [5.41, 5.74) is 0.789. The first-order chi connectivity index (χ1) is 9.51. The fraction of sp³-hybridized carbons (Fsp3) is 0.533. The molecule has 0 aliphatic carbocycles. The maximum absolute atomic E-state index is 11.8. The second kappa shape index (κ2) is 8.30. The molecule has 0 bridgehead atoms. The molecule has 1 heterocycles. The van der Waals surface area contributed by atoms with Gasteiger partial charge in [-0.05, 0) is 32.4 Å². The van der Waals surface area contributed by atoms with Gasteiger partial charge in [0.2, 0.25) is 0 Å². The van der Waals surface area contributed by atoms with Crippen molar-refractivity contribution < 1.29 is 19.1 Å². The monoisotopic (exact) mass is 279 g/mol. The van der Waals surface area contributed by atoms with Crippen LogP contribution in [0.15, 0.2) is 18.5 Å². The van der Waals surface area contributed by atoms with E-state index >= 15 is 0 Å². The van der Waals surface area contributed by atoms with Gasteiger partial charge in [-0.2, -0.15) is 0 Å². The second-order valence-corrected chi connectivity index (χ2v) is 4.72. The van der Waals surface area contributed by atoms with Gasteiger partial charge in [0, 0.05) is 19.0 Å². The number of hydrogen-bond donors (Lipinski definition) is 0. The van der Waals surface area contributed by atoms with Crippen molar-refractivity contribution in [2.45, 2.75) is 46.1 Å². The molecule has 1 aromatic rings. The smallest absolute Gasteiger partial charge is 0.306 e. The van der Waals surface area contributed by atoms with Crippen molar-refractivity contribution in [3.05, 3.63) is 24.0 Å². The normalized spacial score (nSPS) is 10.4. The number of nitrogens with zero attached hydrogens (tertiary/aromatic N) is 1. The van der Waals surface area contributed by atoms with Crippen LogP contribution in [0.2, 0.25) is 0 Å². The Hall–Kier alpha value is -1.91. The zero-order chi connectivity index (χ0) is 15.0. The maximum Gasteiger partial charge on any atom is 0.306 e. The van der Waals surface area contributed by atoms with Crippen LogP contribution in [0.4, 0.5) is 0 Å². The van der Waals surface area contributed by atoms with Gasteiger partial charge < -0.3 is 9.47 Å². The largest absolute Gasteiger partial charge is 0.489 e. The first-order valence-electron chi connectivity index (χ1n) is 6.79. The molecule has 0 spiro atoms. The molecule has 0 aliphatic heterocycles. The minimum absolute atomic E-state index is 0.0125. The van der Waals surface area contributed by atoms with Crippen molar-refractivity contribution in [1.29, 1.82) is 0 Å². The Morgan fingerprint density at radius 3 is 2.65 bits per heavy atom. The zero-order valence-electron chi connectivity index (χ0n) is 12.2. The highest BCUT2D eigenvalue weighted by atomic mass is 16.5. The highest BCUT2D eigenvalue weighted by molar-refractivity contribution is 5.84. The molecule has 5 nitrogen and oxygen atoms in total. The first kappa shape index (κ1) is 16.1. The molecular weight excluding hydrogens is 258 g/mol. The number of rotatable bonds is 8. The lowest BCUT2D eigenvalue weighted by Crippen LogP contribution is -2.10. The minimum Gasteiger partial charge on any atom is -0.489 e. The molecule has 0 saturated heterocycles. The highest BCUT2D eigenvalue weighted by Gasteiger charge is 2.09. The minimum atomic E-state index is -0.337. The average Bonchev–Trinajstić information content (AvgIpc) is 2.36. The van der Waals surface area contributed by atoms with Gasteiger partial charge in [0.15, 0.2) is 0 Å². The second-order valence-electron chi connectivity index (χ2n) is 4.72. The Kier molecular flexibility index (Phi) is 6.70. The van der Waals surface area contributed by atoms with E-state index in [1.54, 1.807) is 25.4 Å². The molecule has 0 unspecified atom stereocenters. The van der Waals surface area contributed by atoms with E-state index < -0.39 is 0 Å². The van der Waals surface area contributed by atoms with E-state index in [1.165, 1.54) is 0 Å². The van der Waals surface area contributed by atoms with Crippen molar-refractivity contribution >= 4 is 11.8 Å². The molecule has 0 fully saturated rings. The predicted octanol–water partition coefficient (Wildman–Crippen LogP) is 2.32. The van der Waals surface area contributed by atoms with Crippen LogP contribution in [-0.2, 0) is 20.7 Å². The number of aromatic nitrogens is 1. The van der Waals surface area contributed by atoms with E-state index in [1.807, 2.05) is 13.8 Å². The quantitative estimate of drug-likeness (QED) is 0.683. The van der Waals surface area contributed by atoms with Gasteiger partial charge in [0.1, 0.15) is 11.5 Å². The van der Waals surface area contributed by atoms with Crippen molar-refractivity contribution in [2.75, 3.05) is 6.61 Å². The fourth-order valence-corrected chi connectivity index (χ4v) is 1.69. The van der Waals surface area contributed by atoms with Crippen LogP contribution in [0.5, 0.6) is 5.75 Å². The van der Waals surface area contributed by atoms with Gasteiger partial charge >= 0.3 is 5.97 Å². The number of hydrogen-bond acceptors (Lipinski definition) is 5. The predicted molar refractivity (Wildman–Crippen MR) is 74.6 cm³/mol. The number of carbonyl (C=O) groups excluding carboxylic acids is 2. The molecule has 0 atom stereocenters. The van der Waals surface area contributed by atoms with Crippen LogP contribution in [0.3, 0.4) is 0 Å². The molecule has 110 valence electrons. The number of carbonyl (C=O) groups is 2. The fourth-order valence-electron chi connectivity index (χ4n) is 1.69. The van der Waals surface area contributed by atoms with Crippen LogP contribution in [0.25, 0.3) is 0 Å². The third-order valence-electron chi connectivity index (χ3n) is 2.46. The summed E-state index contributed by atoms with van der Waals surface area (Å²) >= 11 is 0. The zero-order valence-corrected chi connectivity index (χ0v) is 12.2. The summed E-state index contributed by atoms with van der Waals surface area (Å²) in [4.78, 5) is 27.0.